The van der Waals surface area contributed by atoms with Crippen molar-refractivity contribution in [2.45, 2.75) is 19.3 Å². The van der Waals surface area contributed by atoms with Gasteiger partial charge >= 0.3 is 0 Å². The summed E-state index contributed by atoms with van der Waals surface area (Å²) in [4.78, 5) is 2.17. The van der Waals surface area contributed by atoms with Crippen molar-refractivity contribution in [2.24, 2.45) is 0 Å². The van der Waals surface area contributed by atoms with Gasteiger partial charge in [-0.25, -0.2) is 0 Å². The Morgan fingerprint density at radius 3 is 2.14 bits per heavy atom. The maximum atomic E-state index is 9.31. The fourth-order valence-corrected chi connectivity index (χ4v) is 3.25. The predicted molar refractivity (Wildman–Crippen MR) is 126 cm³/mol. The first-order valence-electron chi connectivity index (χ1n) is 10.1. The molecule has 2 nitrogen and oxygen atoms in total. The van der Waals surface area contributed by atoms with Gasteiger partial charge in [-0.3, -0.25) is 0 Å². The van der Waals surface area contributed by atoms with Crippen molar-refractivity contribution in [2.75, 3.05) is 19.0 Å². The van der Waals surface area contributed by atoms with Crippen LogP contribution in [0, 0.1) is 0 Å². The van der Waals surface area contributed by atoms with E-state index in [0.717, 1.165) is 24.8 Å². The summed E-state index contributed by atoms with van der Waals surface area (Å²) >= 11 is 0. The molecule has 0 saturated carbocycles. The van der Waals surface area contributed by atoms with Gasteiger partial charge in [0, 0.05) is 19.8 Å². The first-order valence-corrected chi connectivity index (χ1v) is 10.1. The second kappa shape index (κ2) is 10.3. The molecule has 0 heterocycles. The predicted octanol–water partition coefficient (Wildman–Crippen LogP) is 7.02. The molecule has 0 radical (unpaired) electrons. The molecule has 0 amide bonds. The van der Waals surface area contributed by atoms with Crippen molar-refractivity contribution >= 4 is 17.8 Å². The molecule has 148 valence electrons. The molecule has 1 N–H and O–H groups in total. The van der Waals surface area contributed by atoms with E-state index in [1.165, 1.54) is 22.4 Å². The highest BCUT2D eigenvalue weighted by Gasteiger charge is 2.05. The van der Waals surface area contributed by atoms with Crippen LogP contribution in [-0.2, 0) is 0 Å². The highest BCUT2D eigenvalue weighted by molar-refractivity contribution is 5.75. The summed E-state index contributed by atoms with van der Waals surface area (Å²) in [5.74, 6) is 0.307. The Bertz CT molecular complexity index is 954. The summed E-state index contributed by atoms with van der Waals surface area (Å²) in [7, 11) is 4.19. The van der Waals surface area contributed by atoms with Gasteiger partial charge in [-0.15, -0.1) is 0 Å². The minimum atomic E-state index is 0.307. The number of nitrogens with zero attached hydrogens (tertiary/aromatic N) is 1. The van der Waals surface area contributed by atoms with E-state index in [1.54, 1.807) is 12.1 Å². The largest absolute Gasteiger partial charge is 0.508 e. The van der Waals surface area contributed by atoms with Gasteiger partial charge in [0.15, 0.2) is 0 Å². The fourth-order valence-electron chi connectivity index (χ4n) is 3.25. The average molecular weight is 384 g/mol. The van der Waals surface area contributed by atoms with Crippen LogP contribution >= 0.6 is 0 Å². The summed E-state index contributed by atoms with van der Waals surface area (Å²) in [6.45, 7) is 0. The van der Waals surface area contributed by atoms with Gasteiger partial charge in [0.2, 0.25) is 0 Å². The van der Waals surface area contributed by atoms with Crippen LogP contribution in [-0.4, -0.2) is 19.2 Å². The molecule has 2 heteroatoms. The zero-order valence-corrected chi connectivity index (χ0v) is 17.3. The molecule has 0 aliphatic carbocycles. The van der Waals surface area contributed by atoms with Gasteiger partial charge in [-0.1, -0.05) is 78.9 Å². The third-order valence-electron chi connectivity index (χ3n) is 4.86. The van der Waals surface area contributed by atoms with Crippen LogP contribution in [0.25, 0.3) is 23.3 Å². The summed E-state index contributed by atoms with van der Waals surface area (Å²) in [5, 5.41) is 9.31. The van der Waals surface area contributed by atoms with Gasteiger partial charge in [0.25, 0.3) is 0 Å². The van der Waals surface area contributed by atoms with E-state index in [0.29, 0.717) is 5.75 Å². The molecule has 0 aliphatic rings. The zero-order valence-electron chi connectivity index (χ0n) is 17.3. The molecule has 0 unspecified atom stereocenters. The molecule has 0 spiro atoms. The number of phenolic OH excluding ortho intramolecular Hbond substituents is 1. The van der Waals surface area contributed by atoms with Crippen LogP contribution < -0.4 is 4.90 Å². The van der Waals surface area contributed by atoms with Crippen LogP contribution in [0.2, 0.25) is 0 Å². The Labute approximate surface area is 174 Å². The number of rotatable bonds is 8. The number of allylic oxidation sites excluding steroid dienone is 2. The number of benzene rings is 3. The topological polar surface area (TPSA) is 23.5 Å². The Kier molecular flexibility index (Phi) is 7.29. The van der Waals surface area contributed by atoms with E-state index < -0.39 is 0 Å². The minimum absolute atomic E-state index is 0.307. The Hall–Kier alpha value is -3.26. The lowest BCUT2D eigenvalue weighted by Crippen LogP contribution is -2.10. The van der Waals surface area contributed by atoms with Crippen LogP contribution in [0.5, 0.6) is 5.75 Å². The molecule has 0 aliphatic heterocycles. The third kappa shape index (κ3) is 6.11. The van der Waals surface area contributed by atoms with Gasteiger partial charge in [-0.2, -0.15) is 0 Å². The average Bonchev–Trinajstić information content (AvgIpc) is 2.75. The second-order valence-corrected chi connectivity index (χ2v) is 7.36. The molecule has 0 saturated heterocycles. The smallest absolute Gasteiger partial charge is 0.115 e. The lowest BCUT2D eigenvalue weighted by molar-refractivity contribution is 0.475. The van der Waals surface area contributed by atoms with Gasteiger partial charge in [0.05, 0.1) is 0 Å². The van der Waals surface area contributed by atoms with Gasteiger partial charge < -0.3 is 10.0 Å². The van der Waals surface area contributed by atoms with Gasteiger partial charge in [0.1, 0.15) is 5.75 Å². The van der Waals surface area contributed by atoms with E-state index in [1.807, 2.05) is 18.2 Å². The first-order chi connectivity index (χ1) is 14.1. The number of unbranched alkanes of at least 4 members (excludes halogenated alkanes) is 2. The number of aromatic hydroxyl groups is 1. The van der Waals surface area contributed by atoms with Crippen LogP contribution in [0.3, 0.4) is 0 Å². The normalized spacial score (nSPS) is 11.4. The zero-order chi connectivity index (χ0) is 20.5. The van der Waals surface area contributed by atoms with Crippen LogP contribution in [0.4, 0.5) is 5.69 Å². The monoisotopic (exact) mass is 383 g/mol. The maximum absolute atomic E-state index is 9.31. The van der Waals surface area contributed by atoms with Crippen LogP contribution in [0.1, 0.15) is 30.4 Å². The molecule has 3 rings (SSSR count). The Balaban J connectivity index is 1.56. The summed E-state index contributed by atoms with van der Waals surface area (Å²) in [6, 6.07) is 24.4. The van der Waals surface area contributed by atoms with Crippen LogP contribution in [0.15, 0.2) is 84.9 Å². The van der Waals surface area contributed by atoms with Crippen molar-refractivity contribution in [3.05, 3.63) is 96.1 Å². The van der Waals surface area contributed by atoms with E-state index in [9.17, 15) is 5.11 Å². The molecule has 3 aromatic rings. The Morgan fingerprint density at radius 1 is 0.759 bits per heavy atom. The molecule has 0 bridgehead atoms. The molecule has 0 fully saturated rings. The SMILES string of the molecule is CN(C)c1cc(-c2ccccc2)ccc1/C=C/CCC/C=C/c1ccc(O)cc1. The Morgan fingerprint density at radius 2 is 1.45 bits per heavy atom. The van der Waals surface area contributed by atoms with Crippen molar-refractivity contribution in [1.29, 1.82) is 0 Å². The second-order valence-electron chi connectivity index (χ2n) is 7.36. The number of anilines is 1. The highest BCUT2D eigenvalue weighted by atomic mass is 16.3. The molecule has 0 atom stereocenters. The van der Waals surface area contributed by atoms with Crippen molar-refractivity contribution in [3.63, 3.8) is 0 Å². The van der Waals surface area contributed by atoms with Crippen molar-refractivity contribution < 1.29 is 5.11 Å². The van der Waals surface area contributed by atoms with E-state index in [4.69, 9.17) is 0 Å². The van der Waals surface area contributed by atoms with E-state index in [2.05, 4.69) is 85.8 Å². The van der Waals surface area contributed by atoms with E-state index >= 15 is 0 Å². The maximum Gasteiger partial charge on any atom is 0.115 e. The number of hydrogen-bond acceptors (Lipinski definition) is 2. The standard InChI is InChI=1S/C27H29NO/c1-28(2)27-21-25(23-12-9-6-10-13-23)18-17-24(27)14-8-5-3-4-7-11-22-15-19-26(29)20-16-22/h6-21,29H,3-5H2,1-2H3/b11-7+,14-8+. The summed E-state index contributed by atoms with van der Waals surface area (Å²) in [5.41, 5.74) is 6.08. The highest BCUT2D eigenvalue weighted by Crippen LogP contribution is 2.28. The van der Waals surface area contributed by atoms with Gasteiger partial charge in [-0.05, 0) is 59.7 Å². The first kappa shape index (κ1) is 20.5. The fraction of sp³-hybridized carbons (Fsp3) is 0.185. The summed E-state index contributed by atoms with van der Waals surface area (Å²) in [6.07, 6.45) is 12.0. The number of phenols is 1. The molecule has 3 aromatic carbocycles. The van der Waals surface area contributed by atoms with E-state index in [-0.39, 0.29) is 0 Å². The molecule has 29 heavy (non-hydrogen) atoms. The van der Waals surface area contributed by atoms with Crippen molar-refractivity contribution in [1.82, 2.24) is 0 Å². The molecular weight excluding hydrogens is 354 g/mol. The lowest BCUT2D eigenvalue weighted by atomic mass is 10.0. The molecular formula is C27H29NO. The molecule has 0 aromatic heterocycles. The quantitative estimate of drug-likeness (QED) is 0.422. The van der Waals surface area contributed by atoms with Crippen molar-refractivity contribution in [3.8, 4) is 16.9 Å². The minimum Gasteiger partial charge on any atom is -0.508 e. The lowest BCUT2D eigenvalue weighted by Gasteiger charge is -2.17. The summed E-state index contributed by atoms with van der Waals surface area (Å²) < 4.78 is 0. The third-order valence-corrected chi connectivity index (χ3v) is 4.86. The number of hydrogen-bond donors (Lipinski definition) is 1.